The van der Waals surface area contributed by atoms with E-state index in [0.717, 1.165) is 5.69 Å². The zero-order valence-electron chi connectivity index (χ0n) is 6.19. The second-order valence-corrected chi connectivity index (χ2v) is 2.47. The highest BCUT2D eigenvalue weighted by Crippen LogP contribution is 2.17. The van der Waals surface area contributed by atoms with Gasteiger partial charge in [-0.1, -0.05) is 12.2 Å². The second-order valence-electron chi connectivity index (χ2n) is 2.47. The molecule has 1 aromatic heterocycles. The Bertz CT molecular complexity index is 372. The summed E-state index contributed by atoms with van der Waals surface area (Å²) in [5.41, 5.74) is 6.76. The number of carbonyl (C=O) groups is 1. The molecule has 12 heavy (non-hydrogen) atoms. The molecular formula is C7H6N4O. The molecule has 0 radical (unpaired) electrons. The van der Waals surface area contributed by atoms with Gasteiger partial charge in [0.15, 0.2) is 5.69 Å². The van der Waals surface area contributed by atoms with E-state index in [4.69, 9.17) is 5.73 Å². The summed E-state index contributed by atoms with van der Waals surface area (Å²) in [4.78, 5) is 10.8. The maximum absolute atomic E-state index is 10.8. The first kappa shape index (κ1) is 6.90. The smallest absolute Gasteiger partial charge is 0.269 e. The summed E-state index contributed by atoms with van der Waals surface area (Å²) in [5.74, 6) is -0.562. The van der Waals surface area contributed by atoms with E-state index in [0.29, 0.717) is 12.0 Å². The number of nitrogens with zero attached hydrogens (tertiary/aromatic N) is 3. The highest BCUT2D eigenvalue weighted by atomic mass is 16.1. The molecule has 2 rings (SSSR count). The summed E-state index contributed by atoms with van der Waals surface area (Å²) in [6.07, 6.45) is 4.38. The molecule has 0 fully saturated rings. The van der Waals surface area contributed by atoms with Gasteiger partial charge in [-0.25, -0.2) is 0 Å². The molecule has 0 saturated carbocycles. The molecule has 60 valence electrons. The topological polar surface area (TPSA) is 81.8 Å². The van der Waals surface area contributed by atoms with Crippen LogP contribution in [0.4, 0.5) is 0 Å². The Hall–Kier alpha value is -1.78. The Labute approximate surface area is 68.3 Å². The molecular weight excluding hydrogens is 156 g/mol. The van der Waals surface area contributed by atoms with Gasteiger partial charge in [0.1, 0.15) is 0 Å². The number of allylic oxidation sites excluding steroid dienone is 1. The van der Waals surface area contributed by atoms with Crippen LogP contribution in [0.1, 0.15) is 21.7 Å². The van der Waals surface area contributed by atoms with Gasteiger partial charge in [0.25, 0.3) is 5.91 Å². The maximum Gasteiger partial charge on any atom is 0.269 e. The van der Waals surface area contributed by atoms with Crippen LogP contribution >= 0.6 is 0 Å². The van der Waals surface area contributed by atoms with Crippen molar-refractivity contribution in [2.24, 2.45) is 5.73 Å². The lowest BCUT2D eigenvalue weighted by Gasteiger charge is -1.98. The van der Waals surface area contributed by atoms with Crippen molar-refractivity contribution in [1.29, 1.82) is 0 Å². The van der Waals surface area contributed by atoms with Crippen molar-refractivity contribution >= 4 is 12.0 Å². The van der Waals surface area contributed by atoms with Crippen molar-refractivity contribution in [3.8, 4) is 0 Å². The summed E-state index contributed by atoms with van der Waals surface area (Å²) < 4.78 is 0. The number of hydrogen-bond donors (Lipinski definition) is 1. The molecule has 1 aliphatic carbocycles. The highest BCUT2D eigenvalue weighted by Gasteiger charge is 2.16. The Balaban J connectivity index is 2.63. The van der Waals surface area contributed by atoms with E-state index in [1.807, 2.05) is 6.08 Å². The minimum absolute atomic E-state index is 0.203. The van der Waals surface area contributed by atoms with Crippen molar-refractivity contribution in [2.75, 3.05) is 0 Å². The third-order valence-electron chi connectivity index (χ3n) is 1.71. The monoisotopic (exact) mass is 162 g/mol. The summed E-state index contributed by atoms with van der Waals surface area (Å²) in [5, 5.41) is 10.8. The number of fused-ring (bicyclic) bond motifs is 1. The van der Waals surface area contributed by atoms with Gasteiger partial charge in [-0.05, 0) is 5.21 Å². The van der Waals surface area contributed by atoms with Crippen molar-refractivity contribution in [1.82, 2.24) is 15.4 Å². The van der Waals surface area contributed by atoms with Crippen LogP contribution in [-0.2, 0) is 6.42 Å². The standard InChI is InChI=1S/C7H6N4O/c8-7(12)6-4-2-1-3-5(4)9-11-10-6/h1-2H,3H2,(H2,8,12). The Morgan fingerprint density at radius 2 is 2.33 bits per heavy atom. The number of hydrogen-bond acceptors (Lipinski definition) is 4. The highest BCUT2D eigenvalue weighted by molar-refractivity contribution is 5.95. The fraction of sp³-hybridized carbons (Fsp3) is 0.143. The van der Waals surface area contributed by atoms with Gasteiger partial charge in [0, 0.05) is 12.0 Å². The Kier molecular flexibility index (Phi) is 1.36. The predicted octanol–water partition coefficient (Wildman–Crippen LogP) is -0.460. The van der Waals surface area contributed by atoms with E-state index < -0.39 is 5.91 Å². The molecule has 2 N–H and O–H groups in total. The van der Waals surface area contributed by atoms with Crippen LogP contribution in [0.3, 0.4) is 0 Å². The molecule has 5 heteroatoms. The fourth-order valence-corrected chi connectivity index (χ4v) is 1.16. The van der Waals surface area contributed by atoms with E-state index in [-0.39, 0.29) is 5.69 Å². The van der Waals surface area contributed by atoms with Gasteiger partial charge < -0.3 is 5.73 Å². The zero-order valence-corrected chi connectivity index (χ0v) is 6.19. The molecule has 0 aromatic carbocycles. The first-order valence-corrected chi connectivity index (χ1v) is 3.47. The minimum Gasteiger partial charge on any atom is -0.364 e. The van der Waals surface area contributed by atoms with E-state index in [1.165, 1.54) is 0 Å². The lowest BCUT2D eigenvalue weighted by atomic mass is 10.2. The summed E-state index contributed by atoms with van der Waals surface area (Å²) in [6.45, 7) is 0. The van der Waals surface area contributed by atoms with Crippen LogP contribution in [0.25, 0.3) is 6.08 Å². The molecule has 5 nitrogen and oxygen atoms in total. The van der Waals surface area contributed by atoms with E-state index in [2.05, 4.69) is 15.4 Å². The van der Waals surface area contributed by atoms with Gasteiger partial charge in [0.05, 0.1) is 5.69 Å². The van der Waals surface area contributed by atoms with Gasteiger partial charge in [-0.3, -0.25) is 4.79 Å². The molecule has 0 aliphatic heterocycles. The number of aromatic nitrogens is 3. The maximum atomic E-state index is 10.8. The average molecular weight is 162 g/mol. The predicted molar refractivity (Wildman–Crippen MR) is 41.1 cm³/mol. The largest absolute Gasteiger partial charge is 0.364 e. The summed E-state index contributed by atoms with van der Waals surface area (Å²) in [6, 6.07) is 0. The molecule has 1 amide bonds. The van der Waals surface area contributed by atoms with E-state index >= 15 is 0 Å². The minimum atomic E-state index is -0.562. The average Bonchev–Trinajstić information content (AvgIpc) is 2.49. The molecule has 1 heterocycles. The Morgan fingerprint density at radius 3 is 3.08 bits per heavy atom. The number of primary amides is 1. The SMILES string of the molecule is NC(=O)c1nnnc2c1C=CC2. The number of rotatable bonds is 1. The lowest BCUT2D eigenvalue weighted by Crippen LogP contribution is -2.17. The molecule has 0 unspecified atom stereocenters. The van der Waals surface area contributed by atoms with Gasteiger partial charge in [-0.15, -0.1) is 10.2 Å². The molecule has 0 bridgehead atoms. The summed E-state index contributed by atoms with van der Waals surface area (Å²) in [7, 11) is 0. The van der Waals surface area contributed by atoms with Gasteiger partial charge in [-0.2, -0.15) is 0 Å². The van der Waals surface area contributed by atoms with Crippen LogP contribution in [-0.4, -0.2) is 21.3 Å². The van der Waals surface area contributed by atoms with E-state index in [9.17, 15) is 4.79 Å². The molecule has 0 saturated heterocycles. The first-order chi connectivity index (χ1) is 5.79. The Morgan fingerprint density at radius 1 is 1.50 bits per heavy atom. The zero-order chi connectivity index (χ0) is 8.55. The number of nitrogens with two attached hydrogens (primary N) is 1. The lowest BCUT2D eigenvalue weighted by molar-refractivity contribution is 0.0994. The van der Waals surface area contributed by atoms with Crippen molar-refractivity contribution < 1.29 is 4.79 Å². The van der Waals surface area contributed by atoms with Crippen LogP contribution in [0.5, 0.6) is 0 Å². The van der Waals surface area contributed by atoms with Crippen molar-refractivity contribution in [2.45, 2.75) is 6.42 Å². The van der Waals surface area contributed by atoms with Crippen LogP contribution in [0.15, 0.2) is 6.08 Å². The van der Waals surface area contributed by atoms with E-state index in [1.54, 1.807) is 6.08 Å². The van der Waals surface area contributed by atoms with Crippen LogP contribution in [0.2, 0.25) is 0 Å². The third kappa shape index (κ3) is 0.868. The van der Waals surface area contributed by atoms with Crippen molar-refractivity contribution in [3.05, 3.63) is 23.0 Å². The second kappa shape index (κ2) is 2.37. The first-order valence-electron chi connectivity index (χ1n) is 3.47. The van der Waals surface area contributed by atoms with Gasteiger partial charge in [0.2, 0.25) is 0 Å². The quantitative estimate of drug-likeness (QED) is 0.605. The fourth-order valence-electron chi connectivity index (χ4n) is 1.16. The van der Waals surface area contributed by atoms with Crippen molar-refractivity contribution in [3.63, 3.8) is 0 Å². The van der Waals surface area contributed by atoms with Gasteiger partial charge >= 0.3 is 0 Å². The number of carbonyl (C=O) groups excluding carboxylic acids is 1. The van der Waals surface area contributed by atoms with Crippen LogP contribution in [0, 0.1) is 0 Å². The molecule has 1 aromatic rings. The third-order valence-corrected chi connectivity index (χ3v) is 1.71. The summed E-state index contributed by atoms with van der Waals surface area (Å²) >= 11 is 0. The van der Waals surface area contributed by atoms with Crippen LogP contribution < -0.4 is 5.73 Å². The molecule has 0 atom stereocenters. The normalized spacial score (nSPS) is 13.0. The molecule has 1 aliphatic rings. The number of amides is 1. The molecule has 0 spiro atoms.